The highest BCUT2D eigenvalue weighted by Gasteiger charge is 2.03. The molecule has 0 saturated heterocycles. The lowest BCUT2D eigenvalue weighted by Crippen LogP contribution is -2.00. The Kier molecular flexibility index (Phi) is 4.65. The van der Waals surface area contributed by atoms with Crippen LogP contribution in [0.2, 0.25) is 10.0 Å². The molecule has 1 aromatic heterocycles. The first-order chi connectivity index (χ1) is 11.1. The summed E-state index contributed by atoms with van der Waals surface area (Å²) < 4.78 is 0. The van der Waals surface area contributed by atoms with E-state index in [4.69, 9.17) is 23.2 Å². The number of hydrogen-bond acceptors (Lipinski definition) is 4. The third kappa shape index (κ3) is 4.12. The van der Waals surface area contributed by atoms with Gasteiger partial charge in [-0.25, -0.2) is 4.98 Å². The number of aryl methyl sites for hydroxylation is 1. The van der Waals surface area contributed by atoms with Crippen molar-refractivity contribution in [3.05, 3.63) is 70.3 Å². The third-order valence-corrected chi connectivity index (χ3v) is 3.86. The van der Waals surface area contributed by atoms with Crippen molar-refractivity contribution in [2.45, 2.75) is 6.92 Å². The van der Waals surface area contributed by atoms with E-state index in [9.17, 15) is 0 Å². The number of halogens is 2. The molecule has 0 aliphatic carbocycles. The van der Waals surface area contributed by atoms with Crippen molar-refractivity contribution in [3.8, 4) is 0 Å². The molecule has 0 saturated carbocycles. The van der Waals surface area contributed by atoms with Gasteiger partial charge in [-0.05, 0) is 48.9 Å². The fourth-order valence-electron chi connectivity index (χ4n) is 2.06. The van der Waals surface area contributed by atoms with Crippen molar-refractivity contribution < 1.29 is 0 Å². The maximum absolute atomic E-state index is 6.02. The molecule has 0 spiro atoms. The summed E-state index contributed by atoms with van der Waals surface area (Å²) in [5, 5.41) is 7.36. The van der Waals surface area contributed by atoms with E-state index in [0.29, 0.717) is 21.8 Å². The van der Waals surface area contributed by atoms with Crippen molar-refractivity contribution >= 4 is 46.3 Å². The van der Waals surface area contributed by atoms with Crippen LogP contribution in [0, 0.1) is 6.92 Å². The van der Waals surface area contributed by atoms with E-state index in [0.717, 1.165) is 11.4 Å². The summed E-state index contributed by atoms with van der Waals surface area (Å²) in [6.07, 6.45) is 1.69. The fraction of sp³-hybridized carbons (Fsp3) is 0.0588. The van der Waals surface area contributed by atoms with Crippen LogP contribution in [0.5, 0.6) is 0 Å². The predicted molar refractivity (Wildman–Crippen MR) is 96.2 cm³/mol. The molecule has 0 radical (unpaired) electrons. The lowest BCUT2D eigenvalue weighted by molar-refractivity contribution is 1.16. The Balaban J connectivity index is 1.78. The summed E-state index contributed by atoms with van der Waals surface area (Å²) in [5.41, 5.74) is 2.91. The second-order valence-corrected chi connectivity index (χ2v) is 5.83. The van der Waals surface area contributed by atoms with Gasteiger partial charge in [0.1, 0.15) is 5.82 Å². The predicted octanol–water partition coefficient (Wildman–Crippen LogP) is 5.58. The molecular formula is C17H14Cl2N4. The fourth-order valence-corrected chi connectivity index (χ4v) is 2.36. The number of anilines is 4. The van der Waals surface area contributed by atoms with Gasteiger partial charge in [-0.3, -0.25) is 0 Å². The van der Waals surface area contributed by atoms with Gasteiger partial charge >= 0.3 is 0 Å². The van der Waals surface area contributed by atoms with Gasteiger partial charge in [-0.2, -0.15) is 4.98 Å². The molecule has 1 heterocycles. The monoisotopic (exact) mass is 344 g/mol. The SMILES string of the molecule is Cc1cccc(Nc2nccc(Nc3ccc(Cl)c(Cl)c3)n2)c1. The van der Waals surface area contributed by atoms with Crippen LogP contribution < -0.4 is 10.6 Å². The highest BCUT2D eigenvalue weighted by molar-refractivity contribution is 6.42. The molecule has 3 rings (SSSR count). The molecule has 23 heavy (non-hydrogen) atoms. The van der Waals surface area contributed by atoms with E-state index < -0.39 is 0 Å². The van der Waals surface area contributed by atoms with E-state index in [-0.39, 0.29) is 0 Å². The molecule has 6 heteroatoms. The second kappa shape index (κ2) is 6.86. The molecule has 0 fully saturated rings. The van der Waals surface area contributed by atoms with Crippen LogP contribution >= 0.6 is 23.2 Å². The van der Waals surface area contributed by atoms with E-state index in [1.54, 1.807) is 24.4 Å². The minimum Gasteiger partial charge on any atom is -0.340 e. The Labute approximate surface area is 144 Å². The van der Waals surface area contributed by atoms with Gasteiger partial charge in [0.25, 0.3) is 0 Å². The third-order valence-electron chi connectivity index (χ3n) is 3.12. The van der Waals surface area contributed by atoms with Crippen LogP contribution in [0.4, 0.5) is 23.1 Å². The lowest BCUT2D eigenvalue weighted by atomic mass is 10.2. The molecule has 4 nitrogen and oxygen atoms in total. The van der Waals surface area contributed by atoms with Gasteiger partial charge in [-0.1, -0.05) is 35.3 Å². The van der Waals surface area contributed by atoms with Gasteiger partial charge < -0.3 is 10.6 Å². The lowest BCUT2D eigenvalue weighted by Gasteiger charge is -2.09. The van der Waals surface area contributed by atoms with Crippen molar-refractivity contribution in [1.29, 1.82) is 0 Å². The molecule has 3 aromatic rings. The smallest absolute Gasteiger partial charge is 0.229 e. The van der Waals surface area contributed by atoms with Crippen molar-refractivity contribution in [3.63, 3.8) is 0 Å². The largest absolute Gasteiger partial charge is 0.340 e. The van der Waals surface area contributed by atoms with Crippen LogP contribution in [0.15, 0.2) is 54.7 Å². The molecule has 0 bridgehead atoms. The quantitative estimate of drug-likeness (QED) is 0.648. The van der Waals surface area contributed by atoms with Crippen LogP contribution in [0.25, 0.3) is 0 Å². The zero-order valence-electron chi connectivity index (χ0n) is 12.3. The van der Waals surface area contributed by atoms with Gasteiger partial charge in [0.15, 0.2) is 0 Å². The van der Waals surface area contributed by atoms with Crippen LogP contribution in [0.3, 0.4) is 0 Å². The molecule has 0 unspecified atom stereocenters. The van der Waals surface area contributed by atoms with Crippen LogP contribution in [-0.2, 0) is 0 Å². The van der Waals surface area contributed by atoms with Gasteiger partial charge in [0, 0.05) is 17.6 Å². The molecule has 0 atom stereocenters. The van der Waals surface area contributed by atoms with Crippen molar-refractivity contribution in [1.82, 2.24) is 9.97 Å². The topological polar surface area (TPSA) is 49.8 Å². The summed E-state index contributed by atoms with van der Waals surface area (Å²) in [4.78, 5) is 8.66. The van der Waals surface area contributed by atoms with Gasteiger partial charge in [0.2, 0.25) is 5.95 Å². The first-order valence-corrected chi connectivity index (χ1v) is 7.74. The standard InChI is InChI=1S/C17H14Cl2N4/c1-11-3-2-4-12(9-11)22-17-20-8-7-16(23-17)21-13-5-6-14(18)15(19)10-13/h2-10H,1H3,(H2,20,21,22,23). The van der Waals surface area contributed by atoms with Crippen LogP contribution in [0.1, 0.15) is 5.56 Å². The minimum absolute atomic E-state index is 0.490. The number of nitrogens with zero attached hydrogens (tertiary/aromatic N) is 2. The van der Waals surface area contributed by atoms with Crippen LogP contribution in [-0.4, -0.2) is 9.97 Å². The zero-order valence-corrected chi connectivity index (χ0v) is 13.9. The molecule has 0 aliphatic heterocycles. The highest BCUT2D eigenvalue weighted by Crippen LogP contribution is 2.26. The number of benzene rings is 2. The second-order valence-electron chi connectivity index (χ2n) is 5.01. The summed E-state index contributed by atoms with van der Waals surface area (Å²) in [7, 11) is 0. The first-order valence-electron chi connectivity index (χ1n) is 6.99. The van der Waals surface area contributed by atoms with E-state index >= 15 is 0 Å². The minimum atomic E-state index is 0.490. The van der Waals surface area contributed by atoms with Crippen molar-refractivity contribution in [2.75, 3.05) is 10.6 Å². The molecule has 2 N–H and O–H groups in total. The Bertz CT molecular complexity index is 836. The number of hydrogen-bond donors (Lipinski definition) is 2. The molecule has 0 amide bonds. The first kappa shape index (κ1) is 15.6. The molecule has 116 valence electrons. The molecule has 0 aliphatic rings. The Morgan fingerprint density at radius 3 is 2.48 bits per heavy atom. The van der Waals surface area contributed by atoms with E-state index in [2.05, 4.69) is 20.6 Å². The number of nitrogens with one attached hydrogen (secondary N) is 2. The van der Waals surface area contributed by atoms with Crippen molar-refractivity contribution in [2.24, 2.45) is 0 Å². The van der Waals surface area contributed by atoms with Gasteiger partial charge in [-0.15, -0.1) is 0 Å². The molecular weight excluding hydrogens is 331 g/mol. The normalized spacial score (nSPS) is 10.4. The highest BCUT2D eigenvalue weighted by atomic mass is 35.5. The Hall–Kier alpha value is -2.30. The van der Waals surface area contributed by atoms with E-state index in [1.807, 2.05) is 37.3 Å². The summed E-state index contributed by atoms with van der Waals surface area (Å²) >= 11 is 11.9. The Morgan fingerprint density at radius 2 is 1.70 bits per heavy atom. The average Bonchev–Trinajstić information content (AvgIpc) is 2.51. The average molecular weight is 345 g/mol. The number of aromatic nitrogens is 2. The number of rotatable bonds is 4. The zero-order chi connectivity index (χ0) is 16.2. The summed E-state index contributed by atoms with van der Waals surface area (Å²) in [6, 6.07) is 15.1. The summed E-state index contributed by atoms with van der Waals surface area (Å²) in [5.74, 6) is 1.18. The maximum atomic E-state index is 6.02. The van der Waals surface area contributed by atoms with E-state index in [1.165, 1.54) is 5.56 Å². The maximum Gasteiger partial charge on any atom is 0.229 e. The Morgan fingerprint density at radius 1 is 0.870 bits per heavy atom. The summed E-state index contributed by atoms with van der Waals surface area (Å²) in [6.45, 7) is 2.04. The van der Waals surface area contributed by atoms with Gasteiger partial charge in [0.05, 0.1) is 10.0 Å². The molecule has 2 aromatic carbocycles.